The van der Waals surface area contributed by atoms with Gasteiger partial charge in [0.1, 0.15) is 5.75 Å². The molecule has 4 nitrogen and oxygen atoms in total. The van der Waals surface area contributed by atoms with Crippen LogP contribution in [-0.2, 0) is 0 Å². The molecule has 1 aromatic carbocycles. The van der Waals surface area contributed by atoms with E-state index in [9.17, 15) is 0 Å². The highest BCUT2D eigenvalue weighted by molar-refractivity contribution is 6.85. The molecule has 0 amide bonds. The van der Waals surface area contributed by atoms with Crippen molar-refractivity contribution < 1.29 is 4.43 Å². The molecule has 0 unspecified atom stereocenters. The van der Waals surface area contributed by atoms with Crippen molar-refractivity contribution in [3.8, 4) is 5.75 Å². The minimum atomic E-state index is -0.145. The van der Waals surface area contributed by atoms with Gasteiger partial charge in [0.2, 0.25) is 0 Å². The van der Waals surface area contributed by atoms with Gasteiger partial charge in [-0.1, -0.05) is 18.2 Å². The molecule has 0 spiro atoms. The van der Waals surface area contributed by atoms with Gasteiger partial charge in [0.05, 0.1) is 0 Å². The van der Waals surface area contributed by atoms with E-state index in [4.69, 9.17) is 4.43 Å². The Bertz CT molecular complexity index is 176. The standard InChI is InChI=1S/C6H10OSi2.3CH5N/c8-9-7-6-4-2-1-3-5-6;3*1-2/h1-5H,9H2,8H3;3*2H2,1H3. The summed E-state index contributed by atoms with van der Waals surface area (Å²) in [6.07, 6.45) is 0. The van der Waals surface area contributed by atoms with E-state index in [2.05, 4.69) is 17.2 Å². The molecule has 0 fully saturated rings. The summed E-state index contributed by atoms with van der Waals surface area (Å²) < 4.78 is 5.41. The second-order valence-corrected chi connectivity index (χ2v) is 4.34. The Morgan fingerprint density at radius 1 is 0.933 bits per heavy atom. The molecule has 0 saturated carbocycles. The molecule has 0 atom stereocenters. The molecule has 1 aromatic rings. The summed E-state index contributed by atoms with van der Waals surface area (Å²) in [5.41, 5.74) is 13.5. The van der Waals surface area contributed by atoms with Crippen molar-refractivity contribution in [3.63, 3.8) is 0 Å². The van der Waals surface area contributed by atoms with Crippen LogP contribution >= 0.6 is 0 Å². The first-order valence-electron chi connectivity index (χ1n) is 4.84. The lowest BCUT2D eigenvalue weighted by Gasteiger charge is -1.99. The van der Waals surface area contributed by atoms with E-state index < -0.39 is 0 Å². The fraction of sp³-hybridized carbons (Fsp3) is 0.333. The molecule has 0 radical (unpaired) electrons. The predicted octanol–water partition coefficient (Wildman–Crippen LogP) is -1.85. The number of hydrogen-bond acceptors (Lipinski definition) is 4. The molecule has 0 aliphatic heterocycles. The Hall–Kier alpha value is -0.666. The number of rotatable bonds is 2. The fourth-order valence-corrected chi connectivity index (χ4v) is 2.21. The van der Waals surface area contributed by atoms with Gasteiger partial charge in [0, 0.05) is 9.76 Å². The van der Waals surface area contributed by atoms with Crippen molar-refractivity contribution in [2.45, 2.75) is 0 Å². The predicted molar refractivity (Wildman–Crippen MR) is 75.9 cm³/mol. The smallest absolute Gasteiger partial charge is 0.194 e. The second-order valence-electron chi connectivity index (χ2n) is 1.75. The van der Waals surface area contributed by atoms with Gasteiger partial charge in [-0.3, -0.25) is 0 Å². The Morgan fingerprint density at radius 3 is 1.67 bits per heavy atom. The van der Waals surface area contributed by atoms with Crippen LogP contribution in [0.25, 0.3) is 0 Å². The van der Waals surface area contributed by atoms with Gasteiger partial charge in [-0.05, 0) is 33.3 Å². The maximum Gasteiger partial charge on any atom is 0.194 e. The van der Waals surface area contributed by atoms with Crippen LogP contribution in [0.5, 0.6) is 5.75 Å². The highest BCUT2D eigenvalue weighted by Crippen LogP contribution is 2.06. The normalized spacial score (nSPS) is 7.60. The zero-order chi connectivity index (χ0) is 12.5. The number of nitrogens with two attached hydrogens (primary N) is 3. The summed E-state index contributed by atoms with van der Waals surface area (Å²) in [6.45, 7) is 0. The highest BCUT2D eigenvalue weighted by atomic mass is 29.1. The molecule has 0 saturated heterocycles. The van der Waals surface area contributed by atoms with Crippen LogP contribution < -0.4 is 21.6 Å². The molecular weight excluding hydrogens is 222 g/mol. The molecule has 0 heterocycles. The van der Waals surface area contributed by atoms with Crippen molar-refractivity contribution in [1.82, 2.24) is 0 Å². The number of hydrogen-bond donors (Lipinski definition) is 3. The molecule has 1 rings (SSSR count). The summed E-state index contributed by atoms with van der Waals surface area (Å²) in [5.74, 6) is 1.04. The SMILES string of the molecule is CN.CN.CN.[SiH3][SiH2]Oc1ccccc1. The first-order chi connectivity index (χ1) is 7.43. The van der Waals surface area contributed by atoms with Gasteiger partial charge in [-0.2, -0.15) is 0 Å². The van der Waals surface area contributed by atoms with Gasteiger partial charge in [0.15, 0.2) is 9.28 Å². The maximum absolute atomic E-state index is 5.41. The van der Waals surface area contributed by atoms with Gasteiger partial charge < -0.3 is 21.6 Å². The summed E-state index contributed by atoms with van der Waals surface area (Å²) in [6, 6.07) is 10.0. The van der Waals surface area contributed by atoms with E-state index in [-0.39, 0.29) is 9.28 Å². The maximum atomic E-state index is 5.41. The number of benzene rings is 1. The zero-order valence-corrected chi connectivity index (χ0v) is 13.6. The van der Waals surface area contributed by atoms with Crippen molar-refractivity contribution in [1.29, 1.82) is 0 Å². The topological polar surface area (TPSA) is 87.3 Å². The van der Waals surface area contributed by atoms with E-state index in [1.165, 1.54) is 30.9 Å². The fourth-order valence-electron chi connectivity index (χ4n) is 0.683. The average Bonchev–Trinajstić information content (AvgIpc) is 2.38. The van der Waals surface area contributed by atoms with Crippen LogP contribution in [0.4, 0.5) is 0 Å². The minimum absolute atomic E-state index is 0.145. The largest absolute Gasteiger partial charge is 0.554 e. The van der Waals surface area contributed by atoms with E-state index in [0.717, 1.165) is 5.75 Å². The van der Waals surface area contributed by atoms with Crippen molar-refractivity contribution in [3.05, 3.63) is 30.3 Å². The van der Waals surface area contributed by atoms with Gasteiger partial charge in [0.25, 0.3) is 0 Å². The van der Waals surface area contributed by atoms with Crippen LogP contribution in [0, 0.1) is 0 Å². The molecule has 0 aliphatic rings. The number of para-hydroxylation sites is 1. The highest BCUT2D eigenvalue weighted by Gasteiger charge is 1.83. The third-order valence-electron chi connectivity index (χ3n) is 1.05. The molecule has 6 heteroatoms. The lowest BCUT2D eigenvalue weighted by atomic mass is 10.3. The molecule has 0 aromatic heterocycles. The van der Waals surface area contributed by atoms with E-state index in [1.54, 1.807) is 0 Å². The van der Waals surface area contributed by atoms with Gasteiger partial charge in [-0.15, -0.1) is 0 Å². The summed E-state index contributed by atoms with van der Waals surface area (Å²) in [7, 11) is 5.60. The Morgan fingerprint density at radius 2 is 1.33 bits per heavy atom. The molecule has 0 bridgehead atoms. The molecule has 90 valence electrons. The first-order valence-corrected chi connectivity index (χ1v) is 11.1. The van der Waals surface area contributed by atoms with Crippen LogP contribution in [0.1, 0.15) is 0 Å². The lowest BCUT2D eigenvalue weighted by Crippen LogP contribution is -1.99. The third-order valence-corrected chi connectivity index (χ3v) is 2.54. The Balaban J connectivity index is -0.000000208. The molecule has 6 N–H and O–H groups in total. The van der Waals surface area contributed by atoms with Crippen molar-refractivity contribution in [2.24, 2.45) is 17.2 Å². The third kappa shape index (κ3) is 16.0. The minimum Gasteiger partial charge on any atom is -0.554 e. The van der Waals surface area contributed by atoms with E-state index in [1.807, 2.05) is 30.3 Å². The Labute approximate surface area is 98.3 Å². The van der Waals surface area contributed by atoms with Crippen molar-refractivity contribution >= 4 is 19.0 Å². The van der Waals surface area contributed by atoms with Gasteiger partial charge >= 0.3 is 0 Å². The summed E-state index contributed by atoms with van der Waals surface area (Å²) in [4.78, 5) is 0. The first kappa shape index (κ1) is 19.8. The molecule has 15 heavy (non-hydrogen) atoms. The monoisotopic (exact) mass is 247 g/mol. The second kappa shape index (κ2) is 23.3. The van der Waals surface area contributed by atoms with Crippen LogP contribution in [-0.4, -0.2) is 40.2 Å². The average molecular weight is 247 g/mol. The van der Waals surface area contributed by atoms with Crippen molar-refractivity contribution in [2.75, 3.05) is 21.1 Å². The Kier molecular flexibility index (Phi) is 30.8. The summed E-state index contributed by atoms with van der Waals surface area (Å²) >= 11 is 0. The molecule has 0 aliphatic carbocycles. The van der Waals surface area contributed by atoms with E-state index in [0.29, 0.717) is 0 Å². The quantitative estimate of drug-likeness (QED) is 0.536. The molecular formula is C9H25N3OSi2. The summed E-state index contributed by atoms with van der Waals surface area (Å²) in [5, 5.41) is 0. The van der Waals surface area contributed by atoms with E-state index >= 15 is 0 Å². The van der Waals surface area contributed by atoms with Crippen LogP contribution in [0.3, 0.4) is 0 Å². The van der Waals surface area contributed by atoms with Gasteiger partial charge in [-0.25, -0.2) is 0 Å². The zero-order valence-electron chi connectivity index (χ0n) is 10.2. The van der Waals surface area contributed by atoms with Crippen LogP contribution in [0.15, 0.2) is 30.3 Å². The van der Waals surface area contributed by atoms with Crippen LogP contribution in [0.2, 0.25) is 0 Å². The lowest BCUT2D eigenvalue weighted by molar-refractivity contribution is 0.610.